The van der Waals surface area contributed by atoms with Gasteiger partial charge in [0.05, 0.1) is 14.2 Å². The van der Waals surface area contributed by atoms with Crippen molar-refractivity contribution in [3.8, 4) is 11.5 Å². The average molecular weight is 389 g/mol. The van der Waals surface area contributed by atoms with E-state index in [1.54, 1.807) is 14.2 Å². The highest BCUT2D eigenvalue weighted by molar-refractivity contribution is 7.99. The molecular weight excluding hydrogens is 360 g/mol. The molecule has 0 aliphatic carbocycles. The van der Waals surface area contributed by atoms with E-state index in [4.69, 9.17) is 9.47 Å². The summed E-state index contributed by atoms with van der Waals surface area (Å²) in [5.74, 6) is 1.30. The molecule has 0 aromatic heterocycles. The van der Waals surface area contributed by atoms with Gasteiger partial charge in [-0.1, -0.05) is 19.9 Å². The maximum absolute atomic E-state index is 12.2. The lowest BCUT2D eigenvalue weighted by atomic mass is 10.2. The number of nitrogens with one attached hydrogen (secondary N) is 2. The molecule has 2 N–H and O–H groups in total. The molecule has 146 valence electrons. The van der Waals surface area contributed by atoms with Gasteiger partial charge in [0.1, 0.15) is 0 Å². The van der Waals surface area contributed by atoms with E-state index in [1.165, 1.54) is 4.90 Å². The highest BCUT2D eigenvalue weighted by Crippen LogP contribution is 2.29. The van der Waals surface area contributed by atoms with Gasteiger partial charge in [0.2, 0.25) is 0 Å². The van der Waals surface area contributed by atoms with Crippen LogP contribution >= 0.6 is 11.8 Å². The minimum absolute atomic E-state index is 0.241. The standard InChI is InChI=1S/C21H28N2O3S/c1-6-15(3)27-17-8-9-18(14(2)11-17)23-21(24)22-13-16-7-10-19(25-4)20(12-16)26-5/h7-12,15H,6,13H2,1-5H3,(H2,22,23,24). The van der Waals surface area contributed by atoms with E-state index in [9.17, 15) is 4.79 Å². The summed E-state index contributed by atoms with van der Waals surface area (Å²) in [5.41, 5.74) is 2.79. The van der Waals surface area contributed by atoms with E-state index in [0.717, 1.165) is 23.2 Å². The van der Waals surface area contributed by atoms with E-state index in [-0.39, 0.29) is 6.03 Å². The number of hydrogen-bond acceptors (Lipinski definition) is 4. The minimum Gasteiger partial charge on any atom is -0.493 e. The second kappa shape index (κ2) is 10.1. The molecule has 0 spiro atoms. The molecule has 2 aromatic rings. The number of urea groups is 1. The number of methoxy groups -OCH3 is 2. The first kappa shape index (κ1) is 21.0. The van der Waals surface area contributed by atoms with Crippen LogP contribution in [0.15, 0.2) is 41.3 Å². The highest BCUT2D eigenvalue weighted by Gasteiger charge is 2.09. The van der Waals surface area contributed by atoms with E-state index in [1.807, 2.05) is 49.0 Å². The Kier molecular flexibility index (Phi) is 7.85. The molecule has 5 nitrogen and oxygen atoms in total. The van der Waals surface area contributed by atoms with Crippen LogP contribution in [0.1, 0.15) is 31.4 Å². The SMILES string of the molecule is CCC(C)Sc1ccc(NC(=O)NCc2ccc(OC)c(OC)c2)c(C)c1. The van der Waals surface area contributed by atoms with E-state index in [2.05, 4.69) is 30.5 Å². The molecule has 0 radical (unpaired) electrons. The maximum Gasteiger partial charge on any atom is 0.319 e. The van der Waals surface area contributed by atoms with Crippen LogP contribution in [0.2, 0.25) is 0 Å². The molecule has 1 atom stereocenters. The molecule has 0 saturated carbocycles. The van der Waals surface area contributed by atoms with Gasteiger partial charge in [-0.05, 0) is 54.8 Å². The van der Waals surface area contributed by atoms with Crippen LogP contribution in [0.4, 0.5) is 10.5 Å². The number of hydrogen-bond donors (Lipinski definition) is 2. The van der Waals surface area contributed by atoms with Crippen molar-refractivity contribution >= 4 is 23.5 Å². The first-order valence-corrected chi connectivity index (χ1v) is 9.87. The molecule has 0 saturated heterocycles. The number of rotatable bonds is 8. The smallest absolute Gasteiger partial charge is 0.319 e. The first-order chi connectivity index (χ1) is 13.0. The summed E-state index contributed by atoms with van der Waals surface area (Å²) < 4.78 is 10.5. The molecule has 2 rings (SSSR count). The fraction of sp³-hybridized carbons (Fsp3) is 0.381. The van der Waals surface area contributed by atoms with Crippen molar-refractivity contribution in [3.63, 3.8) is 0 Å². The molecule has 27 heavy (non-hydrogen) atoms. The van der Waals surface area contributed by atoms with Gasteiger partial charge in [0.15, 0.2) is 11.5 Å². The summed E-state index contributed by atoms with van der Waals surface area (Å²) in [6.07, 6.45) is 1.13. The van der Waals surface area contributed by atoms with Crippen LogP contribution in [-0.2, 0) is 6.54 Å². The van der Waals surface area contributed by atoms with Gasteiger partial charge in [-0.15, -0.1) is 11.8 Å². The lowest BCUT2D eigenvalue weighted by Crippen LogP contribution is -2.28. The van der Waals surface area contributed by atoms with Gasteiger partial charge in [-0.2, -0.15) is 0 Å². The predicted octanol–water partition coefficient (Wildman–Crippen LogP) is 5.22. The van der Waals surface area contributed by atoms with Gasteiger partial charge >= 0.3 is 6.03 Å². The molecule has 2 amide bonds. The van der Waals surface area contributed by atoms with Crippen molar-refractivity contribution in [2.24, 2.45) is 0 Å². The lowest BCUT2D eigenvalue weighted by molar-refractivity contribution is 0.251. The molecule has 2 aromatic carbocycles. The maximum atomic E-state index is 12.2. The van der Waals surface area contributed by atoms with Gasteiger partial charge in [0, 0.05) is 22.4 Å². The Morgan fingerprint density at radius 1 is 1.11 bits per heavy atom. The Morgan fingerprint density at radius 2 is 1.85 bits per heavy atom. The summed E-state index contributed by atoms with van der Waals surface area (Å²) in [7, 11) is 3.19. The van der Waals surface area contributed by atoms with Gasteiger partial charge in [0.25, 0.3) is 0 Å². The number of ether oxygens (including phenoxy) is 2. The van der Waals surface area contributed by atoms with Crippen molar-refractivity contribution in [2.45, 2.75) is 43.9 Å². The molecule has 0 heterocycles. The Hall–Kier alpha value is -2.34. The number of amides is 2. The molecule has 0 fully saturated rings. The van der Waals surface area contributed by atoms with Crippen LogP contribution in [0.3, 0.4) is 0 Å². The summed E-state index contributed by atoms with van der Waals surface area (Å²) >= 11 is 1.85. The summed E-state index contributed by atoms with van der Waals surface area (Å²) in [6, 6.07) is 11.4. The first-order valence-electron chi connectivity index (χ1n) is 8.99. The van der Waals surface area contributed by atoms with Gasteiger partial charge < -0.3 is 20.1 Å². The Labute approximate surface area is 165 Å². The topological polar surface area (TPSA) is 59.6 Å². The summed E-state index contributed by atoms with van der Waals surface area (Å²) in [4.78, 5) is 13.5. The Morgan fingerprint density at radius 3 is 2.48 bits per heavy atom. The number of benzene rings is 2. The summed E-state index contributed by atoms with van der Waals surface area (Å²) in [6.45, 7) is 6.80. The van der Waals surface area contributed by atoms with Gasteiger partial charge in [-0.25, -0.2) is 4.79 Å². The zero-order valence-corrected chi connectivity index (χ0v) is 17.4. The number of thioether (sulfide) groups is 1. The van der Waals surface area contributed by atoms with Crippen LogP contribution in [0.25, 0.3) is 0 Å². The predicted molar refractivity (Wildman–Crippen MR) is 112 cm³/mol. The highest BCUT2D eigenvalue weighted by atomic mass is 32.2. The van der Waals surface area contributed by atoms with Crippen LogP contribution < -0.4 is 20.1 Å². The van der Waals surface area contributed by atoms with Crippen molar-refractivity contribution in [3.05, 3.63) is 47.5 Å². The van der Waals surface area contributed by atoms with E-state index >= 15 is 0 Å². The fourth-order valence-corrected chi connectivity index (χ4v) is 3.53. The molecule has 0 bridgehead atoms. The van der Waals surface area contributed by atoms with Crippen molar-refractivity contribution in [1.29, 1.82) is 0 Å². The molecular formula is C21H28N2O3S. The summed E-state index contributed by atoms with van der Waals surface area (Å²) in [5, 5.41) is 6.36. The molecule has 0 aliphatic rings. The van der Waals surface area contributed by atoms with Crippen molar-refractivity contribution < 1.29 is 14.3 Å². The number of aryl methyl sites for hydroxylation is 1. The van der Waals surface area contributed by atoms with E-state index < -0.39 is 0 Å². The van der Waals surface area contributed by atoms with Crippen molar-refractivity contribution in [2.75, 3.05) is 19.5 Å². The van der Waals surface area contributed by atoms with Gasteiger partial charge in [-0.3, -0.25) is 0 Å². The third-order valence-electron chi connectivity index (χ3n) is 4.26. The quantitative estimate of drug-likeness (QED) is 0.608. The average Bonchev–Trinajstić information content (AvgIpc) is 2.68. The normalized spacial score (nSPS) is 11.6. The number of carbonyl (C=O) groups excluding carboxylic acids is 1. The fourth-order valence-electron chi connectivity index (χ4n) is 2.50. The van der Waals surface area contributed by atoms with Crippen molar-refractivity contribution in [1.82, 2.24) is 5.32 Å². The van der Waals surface area contributed by atoms with Crippen LogP contribution in [0.5, 0.6) is 11.5 Å². The molecule has 6 heteroatoms. The second-order valence-corrected chi connectivity index (χ2v) is 7.82. The van der Waals surface area contributed by atoms with Crippen LogP contribution in [-0.4, -0.2) is 25.5 Å². The zero-order chi connectivity index (χ0) is 19.8. The number of anilines is 1. The van der Waals surface area contributed by atoms with E-state index in [0.29, 0.717) is 23.3 Å². The number of carbonyl (C=O) groups is 1. The molecule has 1 unspecified atom stereocenters. The second-order valence-electron chi connectivity index (χ2n) is 6.31. The Bertz CT molecular complexity index is 780. The monoisotopic (exact) mass is 388 g/mol. The largest absolute Gasteiger partial charge is 0.493 e. The third-order valence-corrected chi connectivity index (χ3v) is 5.52. The minimum atomic E-state index is -0.241. The zero-order valence-electron chi connectivity index (χ0n) is 16.6. The Balaban J connectivity index is 1.94. The lowest BCUT2D eigenvalue weighted by Gasteiger charge is -2.13. The third kappa shape index (κ3) is 6.10. The van der Waals surface area contributed by atoms with Crippen LogP contribution in [0, 0.1) is 6.92 Å². The molecule has 0 aliphatic heterocycles.